The Balaban J connectivity index is 0.00000300. The van der Waals surface area contributed by atoms with Gasteiger partial charge in [-0.05, 0) is 24.6 Å². The van der Waals surface area contributed by atoms with Crippen LogP contribution in [0.1, 0.15) is 17.0 Å². The van der Waals surface area contributed by atoms with Crippen molar-refractivity contribution in [2.45, 2.75) is 20.0 Å². The lowest BCUT2D eigenvalue weighted by molar-refractivity contribution is 0.414. The van der Waals surface area contributed by atoms with Crippen LogP contribution in [0.25, 0.3) is 11.3 Å². The molecule has 2 aromatic carbocycles. The van der Waals surface area contributed by atoms with E-state index in [1.165, 1.54) is 11.1 Å². The van der Waals surface area contributed by atoms with Crippen molar-refractivity contribution in [1.29, 1.82) is 0 Å². The molecule has 1 heterocycles. The average Bonchev–Trinajstić information content (AvgIpc) is 3.18. The van der Waals surface area contributed by atoms with Crippen LogP contribution < -0.4 is 10.1 Å². The van der Waals surface area contributed by atoms with Gasteiger partial charge in [0, 0.05) is 26.2 Å². The third-order valence-electron chi connectivity index (χ3n) is 4.44. The number of hydrogen-bond donors (Lipinski definition) is 1. The van der Waals surface area contributed by atoms with Crippen LogP contribution in [-0.4, -0.2) is 37.0 Å². The summed E-state index contributed by atoms with van der Waals surface area (Å²) in [5.74, 6) is 3.00. The molecule has 0 spiro atoms. The molecule has 0 saturated carbocycles. The first-order valence-electron chi connectivity index (χ1n) is 9.15. The molecule has 0 aliphatic heterocycles. The zero-order valence-corrected chi connectivity index (χ0v) is 19.5. The summed E-state index contributed by atoms with van der Waals surface area (Å²) in [5.41, 5.74) is 3.41. The van der Waals surface area contributed by atoms with Gasteiger partial charge in [-0.25, -0.2) is 4.98 Å². The summed E-state index contributed by atoms with van der Waals surface area (Å²) in [6.45, 7) is 3.25. The standard InChI is InChI=1S/C22H26N4O2.HI/c1-16-5-9-18(10-6-16)20-13-24-21(28-20)14-25-22(23-2)26(3)15-17-7-11-19(27-4)12-8-17;/h5-13H,14-15H2,1-4H3,(H,23,25);1H. The number of hydrogen-bond acceptors (Lipinski definition) is 4. The molecule has 0 fully saturated rings. The first-order chi connectivity index (χ1) is 13.6. The average molecular weight is 506 g/mol. The van der Waals surface area contributed by atoms with Gasteiger partial charge >= 0.3 is 0 Å². The van der Waals surface area contributed by atoms with Crippen molar-refractivity contribution >= 4 is 29.9 Å². The Bertz CT molecular complexity index is 921. The van der Waals surface area contributed by atoms with Crippen molar-refractivity contribution < 1.29 is 9.15 Å². The Morgan fingerprint density at radius 3 is 2.45 bits per heavy atom. The highest BCUT2D eigenvalue weighted by Crippen LogP contribution is 2.20. The van der Waals surface area contributed by atoms with Crippen molar-refractivity contribution in [1.82, 2.24) is 15.2 Å². The lowest BCUT2D eigenvalue weighted by atomic mass is 10.1. The zero-order valence-electron chi connectivity index (χ0n) is 17.2. The minimum Gasteiger partial charge on any atom is -0.497 e. The van der Waals surface area contributed by atoms with Crippen LogP contribution in [-0.2, 0) is 13.1 Å². The third-order valence-corrected chi connectivity index (χ3v) is 4.44. The van der Waals surface area contributed by atoms with Gasteiger partial charge in [0.2, 0.25) is 5.89 Å². The zero-order chi connectivity index (χ0) is 19.9. The molecule has 0 saturated heterocycles. The van der Waals surface area contributed by atoms with E-state index in [-0.39, 0.29) is 24.0 Å². The van der Waals surface area contributed by atoms with E-state index in [4.69, 9.17) is 9.15 Å². The van der Waals surface area contributed by atoms with Gasteiger partial charge in [-0.15, -0.1) is 24.0 Å². The van der Waals surface area contributed by atoms with Gasteiger partial charge < -0.3 is 19.4 Å². The van der Waals surface area contributed by atoms with E-state index >= 15 is 0 Å². The van der Waals surface area contributed by atoms with Crippen molar-refractivity contribution in [3.8, 4) is 17.1 Å². The second kappa shape index (κ2) is 10.8. The lowest BCUT2D eigenvalue weighted by Crippen LogP contribution is -2.38. The van der Waals surface area contributed by atoms with Crippen LogP contribution >= 0.6 is 24.0 Å². The predicted molar refractivity (Wildman–Crippen MR) is 127 cm³/mol. The predicted octanol–water partition coefficient (Wildman–Crippen LogP) is 4.48. The van der Waals surface area contributed by atoms with Crippen LogP contribution in [0, 0.1) is 6.92 Å². The van der Waals surface area contributed by atoms with Crippen molar-refractivity contribution in [3.05, 3.63) is 71.7 Å². The van der Waals surface area contributed by atoms with Crippen LogP contribution in [0.4, 0.5) is 0 Å². The Kier molecular flexibility index (Phi) is 8.50. The highest BCUT2D eigenvalue weighted by atomic mass is 127. The smallest absolute Gasteiger partial charge is 0.214 e. The van der Waals surface area contributed by atoms with Crippen molar-refractivity contribution in [2.75, 3.05) is 21.2 Å². The van der Waals surface area contributed by atoms with Crippen molar-refractivity contribution in [3.63, 3.8) is 0 Å². The van der Waals surface area contributed by atoms with E-state index in [1.807, 2.05) is 48.3 Å². The number of benzene rings is 2. The maximum Gasteiger partial charge on any atom is 0.214 e. The summed E-state index contributed by atoms with van der Waals surface area (Å²) in [6, 6.07) is 16.2. The molecule has 0 atom stereocenters. The normalized spacial score (nSPS) is 11.0. The summed E-state index contributed by atoms with van der Waals surface area (Å²) in [4.78, 5) is 10.8. The number of rotatable bonds is 6. The van der Waals surface area contributed by atoms with Crippen LogP contribution in [0.5, 0.6) is 5.75 Å². The van der Waals surface area contributed by atoms with Gasteiger partial charge in [-0.3, -0.25) is 4.99 Å². The third kappa shape index (κ3) is 6.22. The van der Waals surface area contributed by atoms with E-state index < -0.39 is 0 Å². The highest BCUT2D eigenvalue weighted by molar-refractivity contribution is 14.0. The second-order valence-corrected chi connectivity index (χ2v) is 6.59. The molecule has 0 aliphatic carbocycles. The molecule has 0 radical (unpaired) electrons. The summed E-state index contributed by atoms with van der Waals surface area (Å²) in [7, 11) is 5.42. The largest absolute Gasteiger partial charge is 0.497 e. The molecule has 0 aliphatic rings. The molecule has 7 heteroatoms. The van der Waals surface area contributed by atoms with Crippen LogP contribution in [0.2, 0.25) is 0 Å². The molecule has 29 heavy (non-hydrogen) atoms. The molecule has 1 aromatic heterocycles. The SMILES string of the molecule is CN=C(NCc1ncc(-c2ccc(C)cc2)o1)N(C)Cc1ccc(OC)cc1.I. The van der Waals surface area contributed by atoms with E-state index in [0.29, 0.717) is 12.4 Å². The number of nitrogens with one attached hydrogen (secondary N) is 1. The number of halogens is 1. The molecule has 3 aromatic rings. The molecule has 6 nitrogen and oxygen atoms in total. The molecular formula is C22H27IN4O2. The van der Waals surface area contributed by atoms with Gasteiger partial charge in [-0.2, -0.15) is 0 Å². The minimum atomic E-state index is 0. The Morgan fingerprint density at radius 1 is 1.14 bits per heavy atom. The number of aryl methyl sites for hydroxylation is 1. The first-order valence-corrected chi connectivity index (χ1v) is 9.15. The molecule has 0 bridgehead atoms. The fourth-order valence-electron chi connectivity index (χ4n) is 2.86. The van der Waals surface area contributed by atoms with E-state index in [0.717, 1.165) is 29.6 Å². The summed E-state index contributed by atoms with van der Waals surface area (Å²) >= 11 is 0. The number of oxazole rings is 1. The lowest BCUT2D eigenvalue weighted by Gasteiger charge is -2.21. The molecule has 154 valence electrons. The van der Waals surface area contributed by atoms with Gasteiger partial charge in [0.25, 0.3) is 0 Å². The van der Waals surface area contributed by atoms with Gasteiger partial charge in [0.1, 0.15) is 5.75 Å². The summed E-state index contributed by atoms with van der Waals surface area (Å²) < 4.78 is 11.1. The number of methoxy groups -OCH3 is 1. The Hall–Kier alpha value is -2.55. The monoisotopic (exact) mass is 506 g/mol. The van der Waals surface area contributed by atoms with Crippen LogP contribution in [0.15, 0.2) is 64.1 Å². The quantitative estimate of drug-likeness (QED) is 0.304. The van der Waals surface area contributed by atoms with Crippen LogP contribution in [0.3, 0.4) is 0 Å². The second-order valence-electron chi connectivity index (χ2n) is 6.59. The molecular weight excluding hydrogens is 479 g/mol. The van der Waals surface area contributed by atoms with Crippen molar-refractivity contribution in [2.24, 2.45) is 4.99 Å². The highest BCUT2D eigenvalue weighted by Gasteiger charge is 2.10. The van der Waals surface area contributed by atoms with E-state index in [1.54, 1.807) is 20.4 Å². The summed E-state index contributed by atoms with van der Waals surface area (Å²) in [5, 5.41) is 3.30. The van der Waals surface area contributed by atoms with Gasteiger partial charge in [0.15, 0.2) is 11.7 Å². The Labute approximate surface area is 189 Å². The first kappa shape index (κ1) is 22.7. The number of nitrogens with zero attached hydrogens (tertiary/aromatic N) is 3. The minimum absolute atomic E-state index is 0. The topological polar surface area (TPSA) is 62.9 Å². The molecule has 3 rings (SSSR count). The summed E-state index contributed by atoms with van der Waals surface area (Å²) in [6.07, 6.45) is 1.76. The molecule has 1 N–H and O–H groups in total. The Morgan fingerprint density at radius 2 is 1.83 bits per heavy atom. The number of ether oxygens (including phenoxy) is 1. The maximum atomic E-state index is 5.87. The fourth-order valence-corrected chi connectivity index (χ4v) is 2.86. The van der Waals surface area contributed by atoms with E-state index in [9.17, 15) is 0 Å². The molecule has 0 unspecified atom stereocenters. The van der Waals surface area contributed by atoms with Gasteiger partial charge in [-0.1, -0.05) is 42.0 Å². The van der Waals surface area contributed by atoms with E-state index in [2.05, 4.69) is 34.3 Å². The number of guanidine groups is 1. The number of aliphatic imine (C=N–C) groups is 1. The maximum absolute atomic E-state index is 5.87. The molecule has 0 amide bonds. The number of aromatic nitrogens is 1. The fraction of sp³-hybridized carbons (Fsp3) is 0.273. The van der Waals surface area contributed by atoms with Gasteiger partial charge in [0.05, 0.1) is 19.9 Å².